The number of nitrogens with one attached hydrogen (secondary N) is 1. The van der Waals surface area contributed by atoms with Gasteiger partial charge in [-0.05, 0) is 40.2 Å². The number of pyridine rings is 2. The number of methoxy groups -OCH3 is 1. The van der Waals surface area contributed by atoms with Gasteiger partial charge in [-0.25, -0.2) is 9.97 Å². The first kappa shape index (κ1) is 14.6. The molecule has 106 valence electrons. The molecule has 2 heterocycles. The fourth-order valence-corrected chi connectivity index (χ4v) is 1.78. The van der Waals surface area contributed by atoms with Crippen molar-refractivity contribution in [2.45, 2.75) is 6.18 Å². The third kappa shape index (κ3) is 3.19. The van der Waals surface area contributed by atoms with Crippen molar-refractivity contribution >= 4 is 27.4 Å². The van der Waals surface area contributed by atoms with Crippen molar-refractivity contribution in [3.63, 3.8) is 0 Å². The van der Waals surface area contributed by atoms with Gasteiger partial charge in [0.05, 0.1) is 11.6 Å². The fraction of sp³-hybridized carbons (Fsp3) is 0.167. The van der Waals surface area contributed by atoms with Crippen LogP contribution in [-0.2, 0) is 6.18 Å². The molecule has 8 heteroatoms. The summed E-state index contributed by atoms with van der Waals surface area (Å²) in [5.41, 5.74) is -0.561. The van der Waals surface area contributed by atoms with Crippen LogP contribution in [0.15, 0.2) is 34.9 Å². The number of alkyl halides is 3. The highest BCUT2D eigenvalue weighted by molar-refractivity contribution is 9.10. The first-order chi connectivity index (χ1) is 9.41. The van der Waals surface area contributed by atoms with E-state index in [9.17, 15) is 13.2 Å². The Bertz CT molecular complexity index is 619. The zero-order valence-corrected chi connectivity index (χ0v) is 11.8. The summed E-state index contributed by atoms with van der Waals surface area (Å²) in [4.78, 5) is 7.49. The Morgan fingerprint density at radius 3 is 2.65 bits per heavy atom. The van der Waals surface area contributed by atoms with Crippen LogP contribution in [0.25, 0.3) is 0 Å². The molecule has 0 aliphatic heterocycles. The van der Waals surface area contributed by atoms with Gasteiger partial charge in [-0.1, -0.05) is 0 Å². The molecule has 2 aromatic heterocycles. The van der Waals surface area contributed by atoms with E-state index >= 15 is 0 Å². The first-order valence-corrected chi connectivity index (χ1v) is 6.21. The lowest BCUT2D eigenvalue weighted by molar-refractivity contribution is -0.141. The average Bonchev–Trinajstić information content (AvgIpc) is 2.40. The van der Waals surface area contributed by atoms with Crippen LogP contribution in [-0.4, -0.2) is 17.1 Å². The van der Waals surface area contributed by atoms with Gasteiger partial charge < -0.3 is 10.1 Å². The molecule has 0 bridgehead atoms. The van der Waals surface area contributed by atoms with Gasteiger partial charge in [-0.15, -0.1) is 0 Å². The molecule has 0 fully saturated rings. The number of halogens is 4. The number of rotatable bonds is 3. The van der Waals surface area contributed by atoms with Gasteiger partial charge in [-0.3, -0.25) is 0 Å². The quantitative estimate of drug-likeness (QED) is 0.911. The highest BCUT2D eigenvalue weighted by atomic mass is 79.9. The second-order valence-electron chi connectivity index (χ2n) is 3.71. The minimum Gasteiger partial charge on any atom is -0.480 e. The van der Waals surface area contributed by atoms with Gasteiger partial charge in [-0.2, -0.15) is 13.2 Å². The molecular weight excluding hydrogens is 339 g/mol. The van der Waals surface area contributed by atoms with Gasteiger partial charge in [0.2, 0.25) is 5.88 Å². The van der Waals surface area contributed by atoms with Crippen molar-refractivity contribution in [1.82, 2.24) is 9.97 Å². The molecular formula is C12H9BrF3N3O. The molecule has 20 heavy (non-hydrogen) atoms. The lowest BCUT2D eigenvalue weighted by Crippen LogP contribution is -2.09. The van der Waals surface area contributed by atoms with Crippen molar-refractivity contribution in [2.24, 2.45) is 0 Å². The van der Waals surface area contributed by atoms with Crippen LogP contribution in [0.3, 0.4) is 0 Å². The standard InChI is InChI=1S/C12H9BrF3N3O/c1-20-11-8(3-2-6-17-11)18-10-7(13)4-5-9(19-10)12(14,15)16/h2-6H,1H3,(H,18,19). The second kappa shape index (κ2) is 5.66. The highest BCUT2D eigenvalue weighted by Crippen LogP contribution is 2.33. The summed E-state index contributed by atoms with van der Waals surface area (Å²) in [7, 11) is 1.42. The highest BCUT2D eigenvalue weighted by Gasteiger charge is 2.33. The maximum Gasteiger partial charge on any atom is 0.433 e. The predicted molar refractivity (Wildman–Crippen MR) is 71.0 cm³/mol. The van der Waals surface area contributed by atoms with E-state index in [-0.39, 0.29) is 11.7 Å². The monoisotopic (exact) mass is 347 g/mol. The van der Waals surface area contributed by atoms with E-state index in [4.69, 9.17) is 4.74 Å². The molecule has 1 N–H and O–H groups in total. The minimum absolute atomic E-state index is 0.0334. The van der Waals surface area contributed by atoms with E-state index in [1.165, 1.54) is 19.4 Å². The normalized spacial score (nSPS) is 11.2. The molecule has 4 nitrogen and oxygen atoms in total. The van der Waals surface area contributed by atoms with Gasteiger partial charge >= 0.3 is 6.18 Å². The third-order valence-electron chi connectivity index (χ3n) is 2.35. The van der Waals surface area contributed by atoms with Crippen molar-refractivity contribution in [3.05, 3.63) is 40.6 Å². The Morgan fingerprint density at radius 2 is 2.00 bits per heavy atom. The van der Waals surface area contributed by atoms with Crippen LogP contribution in [0.4, 0.5) is 24.7 Å². The smallest absolute Gasteiger partial charge is 0.433 e. The fourth-order valence-electron chi connectivity index (χ4n) is 1.46. The van der Waals surface area contributed by atoms with E-state index in [1.54, 1.807) is 12.1 Å². The van der Waals surface area contributed by atoms with Gasteiger partial charge in [0.25, 0.3) is 0 Å². The Morgan fingerprint density at radius 1 is 1.25 bits per heavy atom. The molecule has 0 aliphatic carbocycles. The Balaban J connectivity index is 2.38. The Labute approximate surface area is 121 Å². The number of ether oxygens (including phenoxy) is 1. The maximum atomic E-state index is 12.6. The van der Waals surface area contributed by atoms with E-state index < -0.39 is 11.9 Å². The number of hydrogen-bond donors (Lipinski definition) is 1. The molecule has 0 aliphatic rings. The van der Waals surface area contributed by atoms with E-state index in [0.717, 1.165) is 6.07 Å². The summed E-state index contributed by atoms with van der Waals surface area (Å²) >= 11 is 3.15. The zero-order valence-electron chi connectivity index (χ0n) is 10.2. The van der Waals surface area contributed by atoms with Gasteiger partial charge in [0.15, 0.2) is 0 Å². The van der Waals surface area contributed by atoms with Crippen molar-refractivity contribution in [1.29, 1.82) is 0 Å². The van der Waals surface area contributed by atoms with Crippen molar-refractivity contribution in [2.75, 3.05) is 12.4 Å². The summed E-state index contributed by atoms with van der Waals surface area (Å²) in [5.74, 6) is 0.296. The number of hydrogen-bond acceptors (Lipinski definition) is 4. The molecule has 2 aromatic rings. The third-order valence-corrected chi connectivity index (χ3v) is 2.99. The molecule has 0 spiro atoms. The number of aromatic nitrogens is 2. The van der Waals surface area contributed by atoms with Crippen LogP contribution >= 0.6 is 15.9 Å². The predicted octanol–water partition coefficient (Wildman–Crippen LogP) is 4.01. The summed E-state index contributed by atoms with van der Waals surface area (Å²) in [6.45, 7) is 0. The van der Waals surface area contributed by atoms with E-state index in [2.05, 4.69) is 31.2 Å². The zero-order chi connectivity index (χ0) is 14.8. The van der Waals surface area contributed by atoms with Gasteiger partial charge in [0, 0.05) is 6.20 Å². The molecule has 0 aromatic carbocycles. The minimum atomic E-state index is -4.50. The topological polar surface area (TPSA) is 47.0 Å². The molecule has 0 unspecified atom stereocenters. The summed E-state index contributed by atoms with van der Waals surface area (Å²) in [6, 6.07) is 5.43. The second-order valence-corrected chi connectivity index (χ2v) is 4.56. The summed E-state index contributed by atoms with van der Waals surface area (Å²) in [5, 5.41) is 2.76. The van der Waals surface area contributed by atoms with E-state index in [1.807, 2.05) is 0 Å². The average molecular weight is 348 g/mol. The van der Waals surface area contributed by atoms with Crippen LogP contribution in [0.5, 0.6) is 5.88 Å². The van der Waals surface area contributed by atoms with Crippen molar-refractivity contribution in [3.8, 4) is 5.88 Å². The van der Waals surface area contributed by atoms with Crippen LogP contribution in [0, 0.1) is 0 Å². The molecule has 0 saturated carbocycles. The maximum absolute atomic E-state index is 12.6. The van der Waals surface area contributed by atoms with Gasteiger partial charge in [0.1, 0.15) is 17.2 Å². The SMILES string of the molecule is COc1ncccc1Nc1nc(C(F)(F)F)ccc1Br. The van der Waals surface area contributed by atoms with Crippen molar-refractivity contribution < 1.29 is 17.9 Å². The molecule has 0 saturated heterocycles. The lowest BCUT2D eigenvalue weighted by atomic mass is 10.3. The Kier molecular flexibility index (Phi) is 4.12. The van der Waals surface area contributed by atoms with Crippen LogP contribution in [0.2, 0.25) is 0 Å². The number of anilines is 2. The van der Waals surface area contributed by atoms with Crippen LogP contribution in [0.1, 0.15) is 5.69 Å². The summed E-state index contributed by atoms with van der Waals surface area (Å²) in [6.07, 6.45) is -2.99. The molecule has 0 amide bonds. The Hall–Kier alpha value is -1.83. The number of nitrogens with zero attached hydrogens (tertiary/aromatic N) is 2. The summed E-state index contributed by atoms with van der Waals surface area (Å²) < 4.78 is 43.3. The van der Waals surface area contributed by atoms with Crippen LogP contribution < -0.4 is 10.1 Å². The molecule has 0 radical (unpaired) electrons. The van der Waals surface area contributed by atoms with E-state index in [0.29, 0.717) is 10.2 Å². The molecule has 2 rings (SSSR count). The largest absolute Gasteiger partial charge is 0.480 e. The lowest BCUT2D eigenvalue weighted by Gasteiger charge is -2.12. The first-order valence-electron chi connectivity index (χ1n) is 5.41. The molecule has 0 atom stereocenters.